The Morgan fingerprint density at radius 3 is 1.38 bits per heavy atom. The van der Waals surface area contributed by atoms with Crippen molar-refractivity contribution in [2.24, 2.45) is 0 Å². The number of terminal acetylenes is 1. The van der Waals surface area contributed by atoms with Crippen LogP contribution in [0.3, 0.4) is 0 Å². The van der Waals surface area contributed by atoms with E-state index in [2.05, 4.69) is 71.7 Å². The molecule has 2 aromatic carbocycles. The molecule has 2 N–H and O–H groups in total. The zero-order valence-electron chi connectivity index (χ0n) is 44.1. The minimum Gasteiger partial charge on any atom is -0.387 e. The molecule has 2 aliphatic carbocycles. The number of aryl methyl sites for hydroxylation is 4. The number of hydrogen-bond donors (Lipinski definition) is 4. The third kappa shape index (κ3) is 11.8. The number of thiol groups is 2. The van der Waals surface area contributed by atoms with Crippen molar-refractivity contribution in [3.05, 3.63) is 162 Å². The van der Waals surface area contributed by atoms with E-state index in [9.17, 15) is 19.2 Å². The van der Waals surface area contributed by atoms with Gasteiger partial charge >= 0.3 is 0 Å². The van der Waals surface area contributed by atoms with Gasteiger partial charge in [0.15, 0.2) is 0 Å². The lowest BCUT2D eigenvalue weighted by molar-refractivity contribution is 0.345. The van der Waals surface area contributed by atoms with Crippen molar-refractivity contribution >= 4 is 100 Å². The van der Waals surface area contributed by atoms with Crippen molar-refractivity contribution in [3.8, 4) is 23.7 Å². The van der Waals surface area contributed by atoms with Crippen LogP contribution < -0.4 is 32.9 Å². The van der Waals surface area contributed by atoms with Crippen molar-refractivity contribution < 1.29 is 0 Å². The molecule has 10 aromatic rings. The molecular formula is C58H60N12O4S4. The highest BCUT2D eigenvalue weighted by atomic mass is 32.1. The van der Waals surface area contributed by atoms with Gasteiger partial charge < -0.3 is 10.6 Å². The van der Waals surface area contributed by atoms with E-state index in [1.807, 2.05) is 90.7 Å². The molecule has 400 valence electrons. The summed E-state index contributed by atoms with van der Waals surface area (Å²) >= 11 is 11.0. The number of nitrogens with one attached hydrogen (secondary N) is 2. The van der Waals surface area contributed by atoms with E-state index in [0.29, 0.717) is 38.7 Å². The van der Waals surface area contributed by atoms with Gasteiger partial charge in [-0.05, 0) is 89.8 Å². The standard InChI is InChI=1S/C18H18N4OS.C16H18N4OS.2C12H12N2OS/c1-2-9-19-13-8-10-20-17-14(13)15-16(24-17)18(23)22(11-21-15)12-6-4-3-5-7-12;1-17-11-7-8-18-15-12(11)13-14(22-15)16(21)20(9-19-13)10-5-3-2-4-6-10;2*1-8-3-5-10(6-4-8)14-9(2)13-7-11(16)12(14)15/h1,8,10-12H,3-7,9H2,(H,19,20);7-10H,2-6H2,1H3,(H,17,18);2*3-7,16H,1-2H3. The van der Waals surface area contributed by atoms with Gasteiger partial charge in [0.05, 0.1) is 62.2 Å². The summed E-state index contributed by atoms with van der Waals surface area (Å²) in [4.78, 5) is 78.4. The van der Waals surface area contributed by atoms with Crippen LogP contribution in [0.25, 0.3) is 52.2 Å². The summed E-state index contributed by atoms with van der Waals surface area (Å²) in [6.07, 6.45) is 26.8. The van der Waals surface area contributed by atoms with E-state index in [4.69, 9.17) is 6.42 Å². The number of pyridine rings is 2. The fourth-order valence-corrected chi connectivity index (χ4v) is 12.4. The Morgan fingerprint density at radius 1 is 0.564 bits per heavy atom. The van der Waals surface area contributed by atoms with E-state index in [1.54, 1.807) is 48.0 Å². The second kappa shape index (κ2) is 24.9. The highest BCUT2D eigenvalue weighted by Crippen LogP contribution is 2.37. The van der Waals surface area contributed by atoms with Gasteiger partial charge in [-0.15, -0.1) is 54.4 Å². The summed E-state index contributed by atoms with van der Waals surface area (Å²) in [5.74, 6) is 3.89. The number of hydrogen-bond acceptors (Lipinski definition) is 16. The van der Waals surface area contributed by atoms with Gasteiger partial charge in [0.1, 0.15) is 30.7 Å². The highest BCUT2D eigenvalue weighted by molar-refractivity contribution is 7.80. The van der Waals surface area contributed by atoms with Gasteiger partial charge in [0, 0.05) is 55.3 Å². The molecule has 0 amide bonds. The van der Waals surface area contributed by atoms with Crippen LogP contribution in [0.1, 0.15) is 99.1 Å². The topological polar surface area (TPSA) is 189 Å². The van der Waals surface area contributed by atoms with Crippen LogP contribution >= 0.6 is 47.9 Å². The maximum Gasteiger partial charge on any atom is 0.271 e. The van der Waals surface area contributed by atoms with Crippen LogP contribution in [0.15, 0.2) is 127 Å². The molecule has 78 heavy (non-hydrogen) atoms. The smallest absolute Gasteiger partial charge is 0.271 e. The Hall–Kier alpha value is -7.44. The molecule has 2 saturated carbocycles. The lowest BCUT2D eigenvalue weighted by atomic mass is 9.95. The van der Waals surface area contributed by atoms with Crippen molar-refractivity contribution in [1.82, 2.24) is 48.2 Å². The van der Waals surface area contributed by atoms with Crippen LogP contribution in [-0.2, 0) is 0 Å². The van der Waals surface area contributed by atoms with E-state index >= 15 is 0 Å². The van der Waals surface area contributed by atoms with E-state index in [1.165, 1.54) is 73.6 Å². The third-order valence-corrected chi connectivity index (χ3v) is 16.8. The second-order valence-electron chi connectivity index (χ2n) is 19.3. The minimum absolute atomic E-state index is 0.0535. The maximum absolute atomic E-state index is 13.0. The summed E-state index contributed by atoms with van der Waals surface area (Å²) in [5, 5.41) is 8.20. The number of aromatic nitrogens is 10. The van der Waals surface area contributed by atoms with Gasteiger partial charge in [-0.1, -0.05) is 79.8 Å². The predicted octanol–water partition coefficient (Wildman–Crippen LogP) is 11.4. The van der Waals surface area contributed by atoms with E-state index < -0.39 is 0 Å². The molecule has 8 heterocycles. The largest absolute Gasteiger partial charge is 0.387 e. The Kier molecular flexibility index (Phi) is 17.7. The molecule has 0 unspecified atom stereocenters. The Labute approximate surface area is 469 Å². The molecule has 0 aliphatic heterocycles. The Balaban J connectivity index is 0.000000129. The molecule has 0 spiro atoms. The van der Waals surface area contributed by atoms with Crippen LogP contribution in [0, 0.1) is 40.0 Å². The van der Waals surface area contributed by atoms with Gasteiger partial charge in [0.2, 0.25) is 0 Å². The third-order valence-electron chi connectivity index (χ3n) is 14.0. The lowest BCUT2D eigenvalue weighted by Crippen LogP contribution is -2.26. The molecule has 0 radical (unpaired) electrons. The molecule has 0 saturated heterocycles. The Morgan fingerprint density at radius 2 is 0.974 bits per heavy atom. The van der Waals surface area contributed by atoms with Crippen molar-refractivity contribution in [2.45, 2.75) is 114 Å². The summed E-state index contributed by atoms with van der Waals surface area (Å²) in [5.41, 5.74) is 7.15. The number of thiophene rings is 2. The number of benzene rings is 2. The zero-order chi connectivity index (χ0) is 55.0. The Bertz CT molecular complexity index is 3960. The first-order valence-corrected chi connectivity index (χ1v) is 28.4. The van der Waals surface area contributed by atoms with Gasteiger partial charge in [-0.25, -0.2) is 29.9 Å². The van der Waals surface area contributed by atoms with Crippen LogP contribution in [0.4, 0.5) is 11.4 Å². The van der Waals surface area contributed by atoms with Gasteiger partial charge in [-0.2, -0.15) is 0 Å². The van der Waals surface area contributed by atoms with Crippen molar-refractivity contribution in [2.75, 3.05) is 24.2 Å². The number of nitrogens with zero attached hydrogens (tertiary/aromatic N) is 10. The normalized spacial score (nSPS) is 13.7. The predicted molar refractivity (Wildman–Crippen MR) is 323 cm³/mol. The first kappa shape index (κ1) is 55.3. The second-order valence-corrected chi connectivity index (χ2v) is 22.2. The molecule has 0 bridgehead atoms. The van der Waals surface area contributed by atoms with Crippen LogP contribution in [-0.4, -0.2) is 61.8 Å². The molecule has 0 atom stereocenters. The number of anilines is 2. The van der Waals surface area contributed by atoms with E-state index in [0.717, 1.165) is 95.7 Å². The molecular weight excluding hydrogens is 1060 g/mol. The molecule has 16 nitrogen and oxygen atoms in total. The van der Waals surface area contributed by atoms with Crippen molar-refractivity contribution in [3.63, 3.8) is 0 Å². The molecule has 20 heteroatoms. The SMILES string of the molecule is C#CCNc1ccnc2sc3c(=O)n(C4CCCCC4)cnc3c12.CNc1ccnc2sc3c(=O)n(C4CCCCC4)cnc3c12.Cc1ccc(-n2c(C)ncc(S)c2=O)cc1.Cc1ccc(-n2c(C)ncc(S)c2=O)cc1. The fourth-order valence-electron chi connectivity index (χ4n) is 9.92. The quantitative estimate of drug-likeness (QED) is 0.0874. The molecule has 8 aromatic heterocycles. The highest BCUT2D eigenvalue weighted by Gasteiger charge is 2.23. The van der Waals surface area contributed by atoms with E-state index in [-0.39, 0.29) is 28.3 Å². The maximum atomic E-state index is 13.0. The van der Waals surface area contributed by atoms with Crippen molar-refractivity contribution in [1.29, 1.82) is 0 Å². The average Bonchev–Trinajstić information content (AvgIpc) is 4.24. The molecule has 2 fully saturated rings. The number of fused-ring (bicyclic) bond motifs is 6. The molecule has 12 rings (SSSR count). The summed E-state index contributed by atoms with van der Waals surface area (Å²) < 4.78 is 8.18. The van der Waals surface area contributed by atoms with Crippen LogP contribution in [0.2, 0.25) is 0 Å². The average molecular weight is 1120 g/mol. The summed E-state index contributed by atoms with van der Waals surface area (Å²) in [7, 11) is 1.88. The number of rotatable bonds is 7. The molecule has 2 aliphatic rings. The van der Waals surface area contributed by atoms with Gasteiger partial charge in [0.25, 0.3) is 22.2 Å². The first-order chi connectivity index (χ1) is 37.8. The minimum atomic E-state index is -0.139. The summed E-state index contributed by atoms with van der Waals surface area (Å²) in [6, 6.07) is 19.8. The van der Waals surface area contributed by atoms with Crippen LogP contribution in [0.5, 0.6) is 0 Å². The lowest BCUT2D eigenvalue weighted by Gasteiger charge is -2.23. The summed E-state index contributed by atoms with van der Waals surface area (Å²) in [6.45, 7) is 8.04. The zero-order valence-corrected chi connectivity index (χ0v) is 47.5. The van der Waals surface area contributed by atoms with Gasteiger partial charge in [-0.3, -0.25) is 37.4 Å². The fraction of sp³-hybridized carbons (Fsp3) is 0.310. The first-order valence-electron chi connectivity index (χ1n) is 25.9. The monoisotopic (exact) mass is 1120 g/mol.